The van der Waals surface area contributed by atoms with E-state index in [9.17, 15) is 8.42 Å². The Balaban J connectivity index is 2.33. The van der Waals surface area contributed by atoms with Gasteiger partial charge >= 0.3 is 0 Å². The molecule has 4 nitrogen and oxygen atoms in total. The van der Waals surface area contributed by atoms with Gasteiger partial charge < -0.3 is 10.4 Å². The first-order valence-corrected chi connectivity index (χ1v) is 6.52. The molecule has 1 saturated heterocycles. The topological polar surface area (TPSA) is 66.4 Å². The number of nitrogens with one attached hydrogen (secondary N) is 1. The van der Waals surface area contributed by atoms with Crippen molar-refractivity contribution in [2.75, 3.05) is 18.8 Å². The Labute approximate surface area is 88.9 Å². The summed E-state index contributed by atoms with van der Waals surface area (Å²) < 4.78 is 23.5. The second kappa shape index (κ2) is 3.83. The van der Waals surface area contributed by atoms with E-state index in [4.69, 9.17) is 5.11 Å². The van der Waals surface area contributed by atoms with Crippen LogP contribution < -0.4 is 5.32 Å². The molecule has 1 unspecified atom stereocenters. The molecule has 2 N–H and O–H groups in total. The van der Waals surface area contributed by atoms with Gasteiger partial charge in [0.1, 0.15) is 5.75 Å². The van der Waals surface area contributed by atoms with Crippen LogP contribution in [-0.2, 0) is 9.84 Å². The third-order valence-electron chi connectivity index (χ3n) is 2.59. The summed E-state index contributed by atoms with van der Waals surface area (Å²) in [6.07, 6.45) is 0. The smallest absolute Gasteiger partial charge is 0.159 e. The first-order valence-electron chi connectivity index (χ1n) is 4.81. The molecule has 82 valence electrons. The minimum Gasteiger partial charge on any atom is -0.508 e. The maximum absolute atomic E-state index is 11.8. The van der Waals surface area contributed by atoms with Gasteiger partial charge in [0.05, 0.1) is 11.0 Å². The quantitative estimate of drug-likeness (QED) is 0.731. The van der Waals surface area contributed by atoms with Gasteiger partial charge in [0, 0.05) is 13.1 Å². The Kier molecular flexibility index (Phi) is 2.67. The molecule has 1 aromatic carbocycles. The minimum atomic E-state index is -3.03. The zero-order valence-electron chi connectivity index (χ0n) is 8.18. The Hall–Kier alpha value is -1.07. The predicted molar refractivity (Wildman–Crippen MR) is 57.5 cm³/mol. The van der Waals surface area contributed by atoms with Crippen LogP contribution in [-0.4, -0.2) is 32.4 Å². The van der Waals surface area contributed by atoms with Crippen LogP contribution in [0.2, 0.25) is 0 Å². The van der Waals surface area contributed by atoms with Crippen LogP contribution in [0.3, 0.4) is 0 Å². The standard InChI is InChI=1S/C10H13NO3S/c12-9-3-1-8(2-4-9)10-7-11-5-6-15(10,13)14/h1-4,10-12H,5-7H2. The summed E-state index contributed by atoms with van der Waals surface area (Å²) in [5.41, 5.74) is 0.736. The first-order chi connectivity index (χ1) is 7.09. The van der Waals surface area contributed by atoms with Crippen LogP contribution in [0.4, 0.5) is 0 Å². The second-order valence-electron chi connectivity index (χ2n) is 3.65. The van der Waals surface area contributed by atoms with E-state index in [1.54, 1.807) is 12.1 Å². The summed E-state index contributed by atoms with van der Waals surface area (Å²) in [5.74, 6) is 0.332. The van der Waals surface area contributed by atoms with Crippen LogP contribution in [0, 0.1) is 0 Å². The Morgan fingerprint density at radius 3 is 2.53 bits per heavy atom. The Morgan fingerprint density at radius 1 is 1.27 bits per heavy atom. The summed E-state index contributed by atoms with van der Waals surface area (Å²) in [7, 11) is -3.03. The minimum absolute atomic E-state index is 0.153. The Morgan fingerprint density at radius 2 is 1.93 bits per heavy atom. The molecular formula is C10H13NO3S. The van der Waals surface area contributed by atoms with E-state index in [1.807, 2.05) is 0 Å². The van der Waals surface area contributed by atoms with Crippen LogP contribution >= 0.6 is 0 Å². The number of phenolic OH excluding ortho intramolecular Hbond substituents is 1. The van der Waals surface area contributed by atoms with Crippen molar-refractivity contribution in [1.29, 1.82) is 0 Å². The highest BCUT2D eigenvalue weighted by atomic mass is 32.2. The highest BCUT2D eigenvalue weighted by molar-refractivity contribution is 7.91. The number of aromatic hydroxyl groups is 1. The monoisotopic (exact) mass is 227 g/mol. The van der Waals surface area contributed by atoms with Gasteiger partial charge in [0.25, 0.3) is 0 Å². The maximum Gasteiger partial charge on any atom is 0.159 e. The molecule has 0 saturated carbocycles. The number of phenols is 1. The molecule has 0 radical (unpaired) electrons. The van der Waals surface area contributed by atoms with Gasteiger partial charge in [-0.3, -0.25) is 0 Å². The largest absolute Gasteiger partial charge is 0.508 e. The lowest BCUT2D eigenvalue weighted by molar-refractivity contribution is 0.474. The number of rotatable bonds is 1. The fourth-order valence-electron chi connectivity index (χ4n) is 1.73. The van der Waals surface area contributed by atoms with Crippen molar-refractivity contribution in [1.82, 2.24) is 5.32 Å². The molecule has 5 heteroatoms. The lowest BCUT2D eigenvalue weighted by atomic mass is 10.1. The van der Waals surface area contributed by atoms with Crippen LogP contribution in [0.15, 0.2) is 24.3 Å². The number of sulfone groups is 1. The van der Waals surface area contributed by atoms with Crippen LogP contribution in [0.1, 0.15) is 10.8 Å². The second-order valence-corrected chi connectivity index (χ2v) is 5.95. The molecular weight excluding hydrogens is 214 g/mol. The number of benzene rings is 1. The van der Waals surface area contributed by atoms with E-state index in [0.29, 0.717) is 13.1 Å². The van der Waals surface area contributed by atoms with Crippen molar-refractivity contribution in [2.45, 2.75) is 5.25 Å². The van der Waals surface area contributed by atoms with Crippen molar-refractivity contribution in [3.63, 3.8) is 0 Å². The van der Waals surface area contributed by atoms with Gasteiger partial charge in [-0.05, 0) is 17.7 Å². The fourth-order valence-corrected chi connectivity index (χ4v) is 3.39. The van der Waals surface area contributed by atoms with Gasteiger partial charge in [-0.2, -0.15) is 0 Å². The normalized spacial score (nSPS) is 24.9. The molecule has 0 aromatic heterocycles. The van der Waals surface area contributed by atoms with Gasteiger partial charge in [0.15, 0.2) is 9.84 Å². The maximum atomic E-state index is 11.8. The van der Waals surface area contributed by atoms with E-state index >= 15 is 0 Å². The zero-order chi connectivity index (χ0) is 10.9. The van der Waals surface area contributed by atoms with Crippen LogP contribution in [0.5, 0.6) is 5.75 Å². The number of hydrogen-bond acceptors (Lipinski definition) is 4. The number of hydrogen-bond donors (Lipinski definition) is 2. The molecule has 1 fully saturated rings. The van der Waals surface area contributed by atoms with Gasteiger partial charge in [-0.25, -0.2) is 8.42 Å². The molecule has 1 atom stereocenters. The van der Waals surface area contributed by atoms with E-state index in [0.717, 1.165) is 5.56 Å². The lowest BCUT2D eigenvalue weighted by Crippen LogP contribution is -2.38. The average Bonchev–Trinajstić information content (AvgIpc) is 2.19. The highest BCUT2D eigenvalue weighted by Gasteiger charge is 2.29. The summed E-state index contributed by atoms with van der Waals surface area (Å²) in [6.45, 7) is 0.976. The SMILES string of the molecule is O=S1(=O)CCNCC1c1ccc(O)cc1. The summed E-state index contributed by atoms with van der Waals surface area (Å²) in [4.78, 5) is 0. The molecule has 0 aliphatic carbocycles. The van der Waals surface area contributed by atoms with Gasteiger partial charge in [-0.1, -0.05) is 12.1 Å². The van der Waals surface area contributed by atoms with E-state index < -0.39 is 15.1 Å². The van der Waals surface area contributed by atoms with Crippen molar-refractivity contribution in [2.24, 2.45) is 0 Å². The first kappa shape index (κ1) is 10.4. The highest BCUT2D eigenvalue weighted by Crippen LogP contribution is 2.25. The molecule has 0 spiro atoms. The average molecular weight is 227 g/mol. The fraction of sp³-hybridized carbons (Fsp3) is 0.400. The van der Waals surface area contributed by atoms with Gasteiger partial charge in [-0.15, -0.1) is 0 Å². The van der Waals surface area contributed by atoms with Crippen LogP contribution in [0.25, 0.3) is 0 Å². The molecule has 1 heterocycles. The molecule has 1 aliphatic rings. The lowest BCUT2D eigenvalue weighted by Gasteiger charge is -2.23. The van der Waals surface area contributed by atoms with E-state index in [2.05, 4.69) is 5.32 Å². The molecule has 1 aliphatic heterocycles. The van der Waals surface area contributed by atoms with Crippen molar-refractivity contribution in [3.05, 3.63) is 29.8 Å². The predicted octanol–water partition coefficient (Wildman–Crippen LogP) is 0.451. The van der Waals surface area contributed by atoms with E-state index in [1.165, 1.54) is 12.1 Å². The zero-order valence-corrected chi connectivity index (χ0v) is 9.00. The summed E-state index contributed by atoms with van der Waals surface area (Å²) in [5, 5.41) is 11.7. The van der Waals surface area contributed by atoms with Crippen molar-refractivity contribution < 1.29 is 13.5 Å². The molecule has 0 bridgehead atoms. The molecule has 15 heavy (non-hydrogen) atoms. The summed E-state index contributed by atoms with van der Waals surface area (Å²) >= 11 is 0. The third kappa shape index (κ3) is 2.13. The van der Waals surface area contributed by atoms with E-state index in [-0.39, 0.29) is 11.5 Å². The third-order valence-corrected chi connectivity index (χ3v) is 4.67. The molecule has 1 aromatic rings. The molecule has 2 rings (SSSR count). The van der Waals surface area contributed by atoms with Crippen molar-refractivity contribution >= 4 is 9.84 Å². The molecule has 0 amide bonds. The Bertz CT molecular complexity index is 438. The van der Waals surface area contributed by atoms with Gasteiger partial charge in [0.2, 0.25) is 0 Å². The van der Waals surface area contributed by atoms with Crippen molar-refractivity contribution in [3.8, 4) is 5.75 Å². The summed E-state index contributed by atoms with van der Waals surface area (Å²) in [6, 6.07) is 6.34.